The fraction of sp³-hybridized carbons (Fsp3) is 0.889. The van der Waals surface area contributed by atoms with Crippen LogP contribution in [0.3, 0.4) is 0 Å². The summed E-state index contributed by atoms with van der Waals surface area (Å²) in [7, 11) is 1.42. The Kier molecular flexibility index (Phi) is 4.18. The van der Waals surface area contributed by atoms with Crippen molar-refractivity contribution in [3.63, 3.8) is 0 Å². The van der Waals surface area contributed by atoms with Crippen molar-refractivity contribution in [1.82, 2.24) is 5.32 Å². The van der Waals surface area contributed by atoms with E-state index in [9.17, 15) is 4.79 Å². The molecule has 1 fully saturated rings. The quantitative estimate of drug-likeness (QED) is 0.606. The molecule has 1 heterocycles. The summed E-state index contributed by atoms with van der Waals surface area (Å²) in [4.78, 5) is 11.1. The van der Waals surface area contributed by atoms with Crippen molar-refractivity contribution in [1.29, 1.82) is 0 Å². The second kappa shape index (κ2) is 5.19. The van der Waals surface area contributed by atoms with Gasteiger partial charge in [-0.15, -0.1) is 0 Å². The predicted octanol–water partition coefficient (Wildman–Crippen LogP) is -0.0900. The maximum Gasteiger partial charge on any atom is 0.309 e. The highest BCUT2D eigenvalue weighted by Gasteiger charge is 2.25. The van der Waals surface area contributed by atoms with Gasteiger partial charge in [-0.2, -0.15) is 0 Å². The van der Waals surface area contributed by atoms with Crippen molar-refractivity contribution in [2.24, 2.45) is 5.92 Å². The lowest BCUT2D eigenvalue weighted by molar-refractivity contribution is -0.146. The van der Waals surface area contributed by atoms with Gasteiger partial charge in [0.1, 0.15) is 0 Å². The van der Waals surface area contributed by atoms with Gasteiger partial charge in [0.2, 0.25) is 0 Å². The maximum absolute atomic E-state index is 11.1. The molecule has 0 saturated carbocycles. The zero-order chi connectivity index (χ0) is 9.68. The molecule has 0 aromatic heterocycles. The smallest absolute Gasteiger partial charge is 0.309 e. The molecule has 0 unspecified atom stereocenters. The van der Waals surface area contributed by atoms with Gasteiger partial charge in [-0.1, -0.05) is 0 Å². The molecule has 0 aliphatic carbocycles. The van der Waals surface area contributed by atoms with Gasteiger partial charge in [-0.3, -0.25) is 4.79 Å². The number of aliphatic hydroxyl groups is 1. The molecule has 0 aromatic carbocycles. The summed E-state index contributed by atoms with van der Waals surface area (Å²) in [6.07, 6.45) is 2.58. The van der Waals surface area contributed by atoms with E-state index in [4.69, 9.17) is 5.11 Å². The Balaban J connectivity index is 2.26. The van der Waals surface area contributed by atoms with Crippen molar-refractivity contribution >= 4 is 5.97 Å². The van der Waals surface area contributed by atoms with Gasteiger partial charge in [0.15, 0.2) is 0 Å². The number of hydrogen-bond acceptors (Lipinski definition) is 4. The van der Waals surface area contributed by atoms with E-state index in [0.29, 0.717) is 12.6 Å². The number of nitrogens with one attached hydrogen (secondary N) is 1. The molecule has 0 aromatic rings. The van der Waals surface area contributed by atoms with E-state index in [1.54, 1.807) is 0 Å². The number of ether oxygens (including phenoxy) is 1. The molecule has 2 N–H and O–H groups in total. The molecular weight excluding hydrogens is 170 g/mol. The Morgan fingerprint density at radius 3 is 2.85 bits per heavy atom. The maximum atomic E-state index is 11.1. The van der Waals surface area contributed by atoms with Gasteiger partial charge in [-0.05, 0) is 19.3 Å². The molecule has 76 valence electrons. The van der Waals surface area contributed by atoms with Crippen molar-refractivity contribution in [2.75, 3.05) is 20.3 Å². The zero-order valence-corrected chi connectivity index (χ0v) is 7.95. The summed E-state index contributed by atoms with van der Waals surface area (Å²) in [5, 5.41) is 11.9. The number of carbonyl (C=O) groups excluding carboxylic acids is 1. The summed E-state index contributed by atoms with van der Waals surface area (Å²) in [5.41, 5.74) is 0. The lowest BCUT2D eigenvalue weighted by Gasteiger charge is -2.27. The summed E-state index contributed by atoms with van der Waals surface area (Å²) >= 11 is 0. The Hall–Kier alpha value is -0.610. The average Bonchev–Trinajstić information content (AvgIpc) is 2.18. The Labute approximate surface area is 78.3 Å². The van der Waals surface area contributed by atoms with E-state index in [2.05, 4.69) is 10.1 Å². The highest BCUT2D eigenvalue weighted by molar-refractivity contribution is 5.72. The van der Waals surface area contributed by atoms with E-state index >= 15 is 0 Å². The standard InChI is InChI=1S/C9H17NO3/c1-13-9(12)7-2-3-8(4-5-11)10-6-7/h7-8,10-11H,2-6H2,1H3/t7-,8+/m1/s1. The van der Waals surface area contributed by atoms with Crippen molar-refractivity contribution < 1.29 is 14.6 Å². The van der Waals surface area contributed by atoms with Gasteiger partial charge < -0.3 is 15.2 Å². The number of rotatable bonds is 3. The third-order valence-corrected chi connectivity index (χ3v) is 2.53. The Morgan fingerprint density at radius 2 is 2.38 bits per heavy atom. The van der Waals surface area contributed by atoms with Crippen LogP contribution in [-0.2, 0) is 9.53 Å². The minimum atomic E-state index is -0.130. The molecule has 0 bridgehead atoms. The molecule has 1 aliphatic rings. The van der Waals surface area contributed by atoms with E-state index < -0.39 is 0 Å². The first-order chi connectivity index (χ1) is 6.27. The monoisotopic (exact) mass is 187 g/mol. The highest BCUT2D eigenvalue weighted by Crippen LogP contribution is 2.16. The Morgan fingerprint density at radius 1 is 1.62 bits per heavy atom. The molecule has 1 rings (SSSR count). The third kappa shape index (κ3) is 2.97. The van der Waals surface area contributed by atoms with Crippen LogP contribution in [0.4, 0.5) is 0 Å². The summed E-state index contributed by atoms with van der Waals surface area (Å²) in [6.45, 7) is 0.887. The number of methoxy groups -OCH3 is 1. The third-order valence-electron chi connectivity index (χ3n) is 2.53. The van der Waals surface area contributed by atoms with Crippen LogP contribution in [0.5, 0.6) is 0 Å². The van der Waals surface area contributed by atoms with Gasteiger partial charge in [0, 0.05) is 19.2 Å². The molecule has 1 aliphatic heterocycles. The van der Waals surface area contributed by atoms with Gasteiger partial charge in [0.25, 0.3) is 0 Å². The van der Waals surface area contributed by atoms with Gasteiger partial charge in [0.05, 0.1) is 13.0 Å². The molecule has 0 amide bonds. The first kappa shape index (κ1) is 10.5. The van der Waals surface area contributed by atoms with Crippen molar-refractivity contribution in [3.05, 3.63) is 0 Å². The topological polar surface area (TPSA) is 58.6 Å². The first-order valence-electron chi connectivity index (χ1n) is 4.70. The van der Waals surface area contributed by atoms with Gasteiger partial charge >= 0.3 is 5.97 Å². The highest BCUT2D eigenvalue weighted by atomic mass is 16.5. The fourth-order valence-electron chi connectivity index (χ4n) is 1.69. The zero-order valence-electron chi connectivity index (χ0n) is 7.95. The van der Waals surface area contributed by atoms with Crippen LogP contribution < -0.4 is 5.32 Å². The van der Waals surface area contributed by atoms with Crippen molar-refractivity contribution in [2.45, 2.75) is 25.3 Å². The molecular formula is C9H17NO3. The number of carbonyl (C=O) groups is 1. The average molecular weight is 187 g/mol. The predicted molar refractivity (Wildman–Crippen MR) is 48.2 cm³/mol. The second-order valence-electron chi connectivity index (χ2n) is 3.41. The van der Waals surface area contributed by atoms with Gasteiger partial charge in [-0.25, -0.2) is 0 Å². The molecule has 2 atom stereocenters. The summed E-state index contributed by atoms with van der Waals surface area (Å²) in [6, 6.07) is 0.367. The van der Waals surface area contributed by atoms with Crippen molar-refractivity contribution in [3.8, 4) is 0 Å². The van der Waals surface area contributed by atoms with Crippen LogP contribution in [0.15, 0.2) is 0 Å². The molecule has 0 radical (unpaired) electrons. The van der Waals surface area contributed by atoms with Crippen LogP contribution >= 0.6 is 0 Å². The minimum Gasteiger partial charge on any atom is -0.469 e. The van der Waals surface area contributed by atoms with E-state index in [-0.39, 0.29) is 18.5 Å². The first-order valence-corrected chi connectivity index (χ1v) is 4.70. The molecule has 1 saturated heterocycles. The lowest BCUT2D eigenvalue weighted by atomic mass is 9.93. The minimum absolute atomic E-state index is 0.0000529. The van der Waals surface area contributed by atoms with E-state index in [0.717, 1.165) is 19.3 Å². The Bertz CT molecular complexity index is 164. The second-order valence-corrected chi connectivity index (χ2v) is 3.41. The lowest BCUT2D eigenvalue weighted by Crippen LogP contribution is -2.42. The largest absolute Gasteiger partial charge is 0.469 e. The normalized spacial score (nSPS) is 28.5. The van der Waals surface area contributed by atoms with Crippen LogP contribution in [0, 0.1) is 5.92 Å². The number of piperidine rings is 1. The van der Waals surface area contributed by atoms with Crippen LogP contribution in [0.1, 0.15) is 19.3 Å². The molecule has 0 spiro atoms. The number of aliphatic hydroxyl groups excluding tert-OH is 1. The summed E-state index contributed by atoms with van der Waals surface area (Å²) in [5.74, 6) is -0.130. The van der Waals surface area contributed by atoms with Crippen LogP contribution in [0.25, 0.3) is 0 Å². The molecule has 13 heavy (non-hydrogen) atoms. The van der Waals surface area contributed by atoms with Crippen LogP contribution in [0.2, 0.25) is 0 Å². The van der Waals surface area contributed by atoms with E-state index in [1.165, 1.54) is 7.11 Å². The summed E-state index contributed by atoms with van der Waals surface area (Å²) < 4.78 is 4.66. The fourth-order valence-corrected chi connectivity index (χ4v) is 1.69. The molecule has 4 nitrogen and oxygen atoms in total. The van der Waals surface area contributed by atoms with E-state index in [1.807, 2.05) is 0 Å². The SMILES string of the molecule is COC(=O)[C@@H]1CC[C@@H](CCO)NC1. The molecule has 4 heteroatoms. The number of esters is 1. The number of hydrogen-bond donors (Lipinski definition) is 2. The van der Waals surface area contributed by atoms with Crippen LogP contribution in [-0.4, -0.2) is 37.4 Å².